The van der Waals surface area contributed by atoms with Crippen LogP contribution in [-0.4, -0.2) is 35.4 Å². The largest absolute Gasteiger partial charge is 0.595 e. The van der Waals surface area contributed by atoms with Crippen LogP contribution in [0, 0.1) is 17.0 Å². The van der Waals surface area contributed by atoms with E-state index in [1.165, 1.54) is 0 Å². The molecule has 3 aromatic rings. The molecule has 6 rings (SSSR count). The Morgan fingerprint density at radius 1 is 1.16 bits per heavy atom. The van der Waals surface area contributed by atoms with Gasteiger partial charge in [-0.05, 0) is 54.2 Å². The Hall–Kier alpha value is -3.66. The molecule has 0 radical (unpaired) electrons. The van der Waals surface area contributed by atoms with Gasteiger partial charge in [0.05, 0.1) is 13.0 Å². The average Bonchev–Trinajstić information content (AvgIpc) is 2.91. The van der Waals surface area contributed by atoms with Crippen LogP contribution >= 0.6 is 0 Å². The third-order valence-electron chi connectivity index (χ3n) is 8.22. The molecule has 1 fully saturated rings. The zero-order valence-electron chi connectivity index (χ0n) is 20.6. The van der Waals surface area contributed by atoms with Crippen molar-refractivity contribution in [3.63, 3.8) is 0 Å². The Morgan fingerprint density at radius 3 is 2.73 bits per heavy atom. The van der Waals surface area contributed by atoms with Crippen molar-refractivity contribution in [3.8, 4) is 5.75 Å². The molecule has 2 bridgehead atoms. The molecule has 3 aliphatic heterocycles. The van der Waals surface area contributed by atoms with E-state index >= 15 is 0 Å². The van der Waals surface area contributed by atoms with Gasteiger partial charge < -0.3 is 24.7 Å². The molecule has 2 aromatic carbocycles. The van der Waals surface area contributed by atoms with Gasteiger partial charge in [0.25, 0.3) is 5.56 Å². The van der Waals surface area contributed by atoms with Gasteiger partial charge in [0.1, 0.15) is 5.75 Å². The number of fused-ring (bicyclic) bond motifs is 8. The van der Waals surface area contributed by atoms with Crippen molar-refractivity contribution in [2.24, 2.45) is 11.8 Å². The van der Waals surface area contributed by atoms with E-state index < -0.39 is 5.23 Å². The number of benzene rings is 2. The maximum atomic E-state index is 13.7. The van der Waals surface area contributed by atoms with Crippen molar-refractivity contribution >= 4 is 17.3 Å². The van der Waals surface area contributed by atoms with Crippen molar-refractivity contribution in [3.05, 3.63) is 93.0 Å². The van der Waals surface area contributed by atoms with Crippen LogP contribution in [0.2, 0.25) is 0 Å². The van der Waals surface area contributed by atoms with Crippen LogP contribution in [-0.2, 0) is 24.3 Å². The number of methoxy groups -OCH3 is 1. The van der Waals surface area contributed by atoms with E-state index in [1.54, 1.807) is 25.3 Å². The number of anilines is 1. The Bertz CT molecular complexity index is 1390. The summed E-state index contributed by atoms with van der Waals surface area (Å²) >= 11 is 0. The van der Waals surface area contributed by atoms with E-state index in [0.717, 1.165) is 34.7 Å². The minimum Gasteiger partial charge on any atom is -0.595 e. The predicted octanol–water partition coefficient (Wildman–Crippen LogP) is 1.74. The first-order chi connectivity index (χ1) is 17.9. The predicted molar refractivity (Wildman–Crippen MR) is 137 cm³/mol. The summed E-state index contributed by atoms with van der Waals surface area (Å²) < 4.78 is 7.10. The van der Waals surface area contributed by atoms with Gasteiger partial charge in [-0.2, -0.15) is 5.23 Å². The van der Waals surface area contributed by atoms with Gasteiger partial charge in [-0.3, -0.25) is 9.59 Å². The van der Waals surface area contributed by atoms with Crippen LogP contribution in [0.4, 0.5) is 11.4 Å². The highest BCUT2D eigenvalue weighted by atomic mass is 16.8. The highest BCUT2D eigenvalue weighted by Crippen LogP contribution is 2.47. The van der Waals surface area contributed by atoms with Crippen LogP contribution in [0.3, 0.4) is 0 Å². The first-order valence-electron chi connectivity index (χ1n) is 12.7. The molecule has 3 unspecified atom stereocenters. The molecule has 9 heteroatoms. The fraction of sp³-hybridized carbons (Fsp3) is 0.357. The second-order valence-electron chi connectivity index (χ2n) is 10.3. The topological polar surface area (TPSA) is 111 Å². The summed E-state index contributed by atoms with van der Waals surface area (Å²) in [5.41, 5.74) is 4.11. The number of amides is 1. The van der Waals surface area contributed by atoms with Crippen molar-refractivity contribution in [1.29, 1.82) is 0 Å². The normalized spacial score (nSPS) is 24.4. The number of hydrogen-bond donors (Lipinski definition) is 3. The van der Waals surface area contributed by atoms with E-state index in [9.17, 15) is 20.0 Å². The Labute approximate surface area is 214 Å². The summed E-state index contributed by atoms with van der Waals surface area (Å²) in [6, 6.07) is 18.2. The van der Waals surface area contributed by atoms with Gasteiger partial charge in [-0.1, -0.05) is 18.2 Å². The summed E-state index contributed by atoms with van der Waals surface area (Å²) in [4.78, 5) is 28.7. The number of hydrogen-bond acceptors (Lipinski definition) is 6. The molecule has 0 spiro atoms. The molecule has 0 aliphatic carbocycles. The molecule has 192 valence electrons. The van der Waals surface area contributed by atoms with Crippen molar-refractivity contribution in [1.82, 2.24) is 9.88 Å². The first kappa shape index (κ1) is 23.7. The van der Waals surface area contributed by atoms with Crippen LogP contribution in [0.1, 0.15) is 29.2 Å². The zero-order valence-corrected chi connectivity index (χ0v) is 20.6. The smallest absolute Gasteiger partial charge is 0.250 e. The molecule has 4 heterocycles. The summed E-state index contributed by atoms with van der Waals surface area (Å²) in [6.45, 7) is 1.66. The lowest BCUT2D eigenvalue weighted by molar-refractivity contribution is -0.991. The van der Waals surface area contributed by atoms with Gasteiger partial charge in [-0.25, -0.2) is 5.21 Å². The fourth-order valence-electron chi connectivity index (χ4n) is 6.55. The van der Waals surface area contributed by atoms with Crippen LogP contribution in [0.15, 0.2) is 65.5 Å². The van der Waals surface area contributed by atoms with Gasteiger partial charge in [0.2, 0.25) is 5.91 Å². The van der Waals surface area contributed by atoms with Gasteiger partial charge >= 0.3 is 0 Å². The van der Waals surface area contributed by atoms with E-state index in [0.29, 0.717) is 26.1 Å². The SMILES string of the molecule is COc1ccc(CNC(=O)[C@@H]2Cc3cc([NH+]([O-])O)ccc3N3CC4CC(Cn5c4cccc5=O)[C@@H]23)cc1. The average molecular weight is 503 g/mol. The molecule has 1 aromatic heterocycles. The third kappa shape index (κ3) is 4.19. The lowest BCUT2D eigenvalue weighted by Crippen LogP contribution is -2.99. The quantitative estimate of drug-likeness (QED) is 0.459. The lowest BCUT2D eigenvalue weighted by atomic mass is 9.70. The molecule has 1 amide bonds. The highest BCUT2D eigenvalue weighted by molar-refractivity contribution is 5.82. The Kier molecular flexibility index (Phi) is 5.98. The van der Waals surface area contributed by atoms with Gasteiger partial charge in [0.15, 0.2) is 5.69 Å². The number of rotatable bonds is 5. The number of quaternary nitrogens is 1. The van der Waals surface area contributed by atoms with E-state index in [2.05, 4.69) is 10.2 Å². The minimum absolute atomic E-state index is 0.00321. The van der Waals surface area contributed by atoms with Crippen LogP contribution < -0.4 is 25.7 Å². The van der Waals surface area contributed by atoms with Crippen LogP contribution in [0.25, 0.3) is 0 Å². The molecule has 1 saturated heterocycles. The second kappa shape index (κ2) is 9.33. The van der Waals surface area contributed by atoms with Crippen molar-refractivity contribution < 1.29 is 20.0 Å². The Morgan fingerprint density at radius 2 is 1.97 bits per heavy atom. The zero-order chi connectivity index (χ0) is 25.7. The molecule has 3 N–H and O–H groups in total. The minimum atomic E-state index is -0.978. The monoisotopic (exact) mass is 502 g/mol. The molecule has 5 atom stereocenters. The fourth-order valence-corrected chi connectivity index (χ4v) is 6.55. The second-order valence-corrected chi connectivity index (χ2v) is 10.3. The highest BCUT2D eigenvalue weighted by Gasteiger charge is 2.49. The lowest BCUT2D eigenvalue weighted by Gasteiger charge is -2.54. The summed E-state index contributed by atoms with van der Waals surface area (Å²) in [7, 11) is 1.62. The first-order valence-corrected chi connectivity index (χ1v) is 12.7. The maximum Gasteiger partial charge on any atom is 0.250 e. The standard InChI is InChI=1S/C28H30N4O5/c1-37-22-8-5-17(6-9-22)14-29-28(34)23-13-18-12-21(32(35)36)7-10-25(18)31-15-19-11-20(27(23)31)16-30-24(19)3-2-4-26(30)33/h2-10,12,19-20,23,27,32,35H,11,13-16H2,1H3,(H,29,34)/t19?,20?,23-,27+/m1/s1. The van der Waals surface area contributed by atoms with E-state index in [4.69, 9.17) is 4.74 Å². The number of nitrogens with zero attached hydrogens (tertiary/aromatic N) is 2. The van der Waals surface area contributed by atoms with E-state index in [1.807, 2.05) is 47.0 Å². The molecule has 3 aliphatic rings. The third-order valence-corrected chi connectivity index (χ3v) is 8.22. The molecule has 9 nitrogen and oxygen atoms in total. The van der Waals surface area contributed by atoms with Crippen molar-refractivity contribution in [2.45, 2.75) is 37.9 Å². The van der Waals surface area contributed by atoms with E-state index in [-0.39, 0.29) is 40.9 Å². The number of nitrogens with one attached hydrogen (secondary N) is 2. The number of carbonyl (C=O) groups is 1. The summed E-state index contributed by atoms with van der Waals surface area (Å²) in [5.74, 6) is 0.657. The number of ether oxygens (including phenoxy) is 1. The molecule has 0 saturated carbocycles. The van der Waals surface area contributed by atoms with Crippen LogP contribution in [0.5, 0.6) is 5.75 Å². The number of piperidine rings is 1. The molecular weight excluding hydrogens is 472 g/mol. The summed E-state index contributed by atoms with van der Waals surface area (Å²) in [6.07, 6.45) is 1.39. The number of aromatic nitrogens is 1. The van der Waals surface area contributed by atoms with Crippen molar-refractivity contribution in [2.75, 3.05) is 18.6 Å². The number of carbonyl (C=O) groups excluding carboxylic acids is 1. The molecular formula is C28H30N4O5. The number of pyridine rings is 1. The van der Waals surface area contributed by atoms with Gasteiger partial charge in [-0.15, -0.1) is 0 Å². The molecule has 37 heavy (non-hydrogen) atoms. The summed E-state index contributed by atoms with van der Waals surface area (Å²) in [5, 5.41) is 23.4. The van der Waals surface area contributed by atoms with Gasteiger partial charge in [0, 0.05) is 61.2 Å². The Balaban J connectivity index is 1.34. The maximum absolute atomic E-state index is 13.7.